The normalized spacial score (nSPS) is 10.8. The van der Waals surface area contributed by atoms with Crippen molar-refractivity contribution in [3.63, 3.8) is 0 Å². The first-order chi connectivity index (χ1) is 16.5. The molecular weight excluding hydrogens is 442 g/mol. The van der Waals surface area contributed by atoms with E-state index in [1.807, 2.05) is 0 Å². The molecule has 176 valence electrons. The van der Waals surface area contributed by atoms with E-state index < -0.39 is 17.2 Å². The first kappa shape index (κ1) is 22.7. The van der Waals surface area contributed by atoms with Crippen LogP contribution in [0.2, 0.25) is 0 Å². The van der Waals surface area contributed by atoms with Gasteiger partial charge in [0.05, 0.1) is 50.7 Å². The summed E-state index contributed by atoms with van der Waals surface area (Å²) >= 11 is 0. The molecule has 0 aliphatic rings. The van der Waals surface area contributed by atoms with E-state index in [1.54, 1.807) is 36.4 Å². The number of carbonyl (C=O) groups is 1. The largest absolute Gasteiger partial charge is 0.493 e. The SMILES string of the molecule is COc1cc(-n2c(=O)c3ccccc3n(CC(=O)NCc3ccco3)c2=O)cc(OC)c1OC. The van der Waals surface area contributed by atoms with Gasteiger partial charge in [-0.05, 0) is 24.3 Å². The van der Waals surface area contributed by atoms with Gasteiger partial charge >= 0.3 is 5.69 Å². The summed E-state index contributed by atoms with van der Waals surface area (Å²) in [7, 11) is 4.33. The monoisotopic (exact) mass is 465 g/mol. The summed E-state index contributed by atoms with van der Waals surface area (Å²) in [6.45, 7) is -0.129. The summed E-state index contributed by atoms with van der Waals surface area (Å²) in [6, 6.07) is 13.1. The summed E-state index contributed by atoms with van der Waals surface area (Å²) < 4.78 is 23.5. The molecule has 1 N–H and O–H groups in total. The van der Waals surface area contributed by atoms with E-state index in [1.165, 1.54) is 44.3 Å². The van der Waals surface area contributed by atoms with Crippen molar-refractivity contribution in [2.75, 3.05) is 21.3 Å². The Labute approximate surface area is 193 Å². The molecule has 4 aromatic rings. The van der Waals surface area contributed by atoms with Crippen molar-refractivity contribution in [1.29, 1.82) is 0 Å². The Morgan fingerprint density at radius 1 is 0.971 bits per heavy atom. The summed E-state index contributed by atoms with van der Waals surface area (Å²) in [6.07, 6.45) is 1.51. The zero-order chi connectivity index (χ0) is 24.2. The van der Waals surface area contributed by atoms with Crippen LogP contribution in [0.3, 0.4) is 0 Å². The van der Waals surface area contributed by atoms with Gasteiger partial charge in [-0.2, -0.15) is 0 Å². The van der Waals surface area contributed by atoms with Gasteiger partial charge in [0.2, 0.25) is 11.7 Å². The molecule has 10 nitrogen and oxygen atoms in total. The van der Waals surface area contributed by atoms with Gasteiger partial charge in [0, 0.05) is 12.1 Å². The van der Waals surface area contributed by atoms with Gasteiger partial charge in [-0.3, -0.25) is 14.2 Å². The summed E-state index contributed by atoms with van der Waals surface area (Å²) in [5.74, 6) is 1.03. The molecule has 0 bridgehead atoms. The van der Waals surface area contributed by atoms with Crippen molar-refractivity contribution in [3.8, 4) is 22.9 Å². The van der Waals surface area contributed by atoms with E-state index in [9.17, 15) is 14.4 Å². The number of hydrogen-bond donors (Lipinski definition) is 1. The third-order valence-corrected chi connectivity index (χ3v) is 5.30. The number of amides is 1. The maximum Gasteiger partial charge on any atom is 0.336 e. The van der Waals surface area contributed by atoms with Gasteiger partial charge < -0.3 is 23.9 Å². The maximum absolute atomic E-state index is 13.5. The van der Waals surface area contributed by atoms with E-state index in [4.69, 9.17) is 18.6 Å². The molecule has 0 aliphatic carbocycles. The van der Waals surface area contributed by atoms with Gasteiger partial charge in [-0.1, -0.05) is 12.1 Å². The van der Waals surface area contributed by atoms with Gasteiger partial charge in [0.25, 0.3) is 5.56 Å². The Bertz CT molecular complexity index is 1430. The van der Waals surface area contributed by atoms with Gasteiger partial charge in [-0.25, -0.2) is 9.36 Å². The Hall–Kier alpha value is -4.47. The predicted octanol–water partition coefficient (Wildman–Crippen LogP) is 2.09. The third kappa shape index (κ3) is 4.13. The molecule has 0 spiro atoms. The number of methoxy groups -OCH3 is 3. The Morgan fingerprint density at radius 2 is 1.68 bits per heavy atom. The average molecular weight is 465 g/mol. The molecular formula is C24H23N3O7. The van der Waals surface area contributed by atoms with Gasteiger partial charge in [0.1, 0.15) is 12.3 Å². The van der Waals surface area contributed by atoms with Crippen molar-refractivity contribution in [2.24, 2.45) is 0 Å². The van der Waals surface area contributed by atoms with Crippen LogP contribution >= 0.6 is 0 Å². The molecule has 0 fully saturated rings. The number of benzene rings is 2. The van der Waals surface area contributed by atoms with Crippen molar-refractivity contribution in [3.05, 3.63) is 81.4 Å². The van der Waals surface area contributed by atoms with Crippen LogP contribution in [0.5, 0.6) is 17.2 Å². The molecule has 0 saturated carbocycles. The van der Waals surface area contributed by atoms with Crippen LogP contribution < -0.4 is 30.8 Å². The van der Waals surface area contributed by atoms with Crippen LogP contribution in [0.4, 0.5) is 0 Å². The lowest BCUT2D eigenvalue weighted by molar-refractivity contribution is -0.121. The lowest BCUT2D eigenvalue weighted by Crippen LogP contribution is -2.41. The molecule has 0 atom stereocenters. The van der Waals surface area contributed by atoms with E-state index in [0.717, 1.165) is 4.57 Å². The summed E-state index contributed by atoms with van der Waals surface area (Å²) in [5, 5.41) is 2.99. The topological polar surface area (TPSA) is 114 Å². The fourth-order valence-electron chi connectivity index (χ4n) is 3.70. The average Bonchev–Trinajstić information content (AvgIpc) is 3.38. The molecule has 4 rings (SSSR count). The fraction of sp³-hybridized carbons (Fsp3) is 0.208. The standard InChI is InChI=1S/C24H23N3O7/c1-31-19-11-15(12-20(32-2)22(19)33-3)27-23(29)17-8-4-5-9-18(17)26(24(27)30)14-21(28)25-13-16-7-6-10-34-16/h4-12H,13-14H2,1-3H3,(H,25,28). The lowest BCUT2D eigenvalue weighted by Gasteiger charge is -2.17. The second-order valence-corrected chi connectivity index (χ2v) is 7.27. The van der Waals surface area contributed by atoms with Crippen molar-refractivity contribution in [1.82, 2.24) is 14.5 Å². The first-order valence-corrected chi connectivity index (χ1v) is 10.3. The third-order valence-electron chi connectivity index (χ3n) is 5.30. The van der Waals surface area contributed by atoms with Crippen LogP contribution in [0.1, 0.15) is 5.76 Å². The second-order valence-electron chi connectivity index (χ2n) is 7.27. The number of nitrogens with one attached hydrogen (secondary N) is 1. The molecule has 0 saturated heterocycles. The minimum absolute atomic E-state index is 0.172. The smallest absolute Gasteiger partial charge is 0.336 e. The molecule has 2 aromatic heterocycles. The molecule has 0 unspecified atom stereocenters. The number of aromatic nitrogens is 2. The number of ether oxygens (including phenoxy) is 3. The molecule has 10 heteroatoms. The highest BCUT2D eigenvalue weighted by molar-refractivity contribution is 5.82. The molecule has 2 aromatic carbocycles. The Kier molecular flexibility index (Phi) is 6.39. The molecule has 1 amide bonds. The van der Waals surface area contributed by atoms with E-state index in [0.29, 0.717) is 17.0 Å². The predicted molar refractivity (Wildman–Crippen MR) is 124 cm³/mol. The van der Waals surface area contributed by atoms with Crippen LogP contribution in [-0.4, -0.2) is 36.4 Å². The first-order valence-electron chi connectivity index (χ1n) is 10.3. The summed E-state index contributed by atoms with van der Waals surface area (Å²) in [4.78, 5) is 39.6. The minimum atomic E-state index is -0.689. The van der Waals surface area contributed by atoms with Crippen LogP contribution in [0, 0.1) is 0 Å². The number of furan rings is 1. The highest BCUT2D eigenvalue weighted by Crippen LogP contribution is 2.38. The Balaban J connectivity index is 1.85. The highest BCUT2D eigenvalue weighted by atomic mass is 16.5. The quantitative estimate of drug-likeness (QED) is 0.424. The summed E-state index contributed by atoms with van der Waals surface area (Å²) in [5.41, 5.74) is -0.678. The molecule has 0 radical (unpaired) electrons. The Morgan fingerprint density at radius 3 is 2.29 bits per heavy atom. The van der Waals surface area contributed by atoms with Crippen LogP contribution in [0.15, 0.2) is 68.8 Å². The van der Waals surface area contributed by atoms with Crippen molar-refractivity contribution < 1.29 is 23.4 Å². The van der Waals surface area contributed by atoms with E-state index in [-0.39, 0.29) is 35.7 Å². The van der Waals surface area contributed by atoms with Gasteiger partial charge in [-0.15, -0.1) is 0 Å². The fourth-order valence-corrected chi connectivity index (χ4v) is 3.70. The molecule has 2 heterocycles. The van der Waals surface area contributed by atoms with Crippen LogP contribution in [-0.2, 0) is 17.9 Å². The number of rotatable bonds is 8. The number of hydrogen-bond acceptors (Lipinski definition) is 7. The van der Waals surface area contributed by atoms with Crippen molar-refractivity contribution in [2.45, 2.75) is 13.1 Å². The zero-order valence-electron chi connectivity index (χ0n) is 18.9. The van der Waals surface area contributed by atoms with Crippen LogP contribution in [0.25, 0.3) is 16.6 Å². The second kappa shape index (κ2) is 9.57. The number of para-hydroxylation sites is 1. The van der Waals surface area contributed by atoms with Crippen molar-refractivity contribution >= 4 is 16.8 Å². The number of fused-ring (bicyclic) bond motifs is 1. The minimum Gasteiger partial charge on any atom is -0.493 e. The highest BCUT2D eigenvalue weighted by Gasteiger charge is 2.20. The number of carbonyl (C=O) groups excluding carboxylic acids is 1. The maximum atomic E-state index is 13.5. The number of nitrogens with zero attached hydrogens (tertiary/aromatic N) is 2. The molecule has 0 aliphatic heterocycles. The zero-order valence-corrected chi connectivity index (χ0v) is 18.9. The molecule has 34 heavy (non-hydrogen) atoms. The van der Waals surface area contributed by atoms with E-state index in [2.05, 4.69) is 5.32 Å². The lowest BCUT2D eigenvalue weighted by atomic mass is 10.2. The van der Waals surface area contributed by atoms with E-state index >= 15 is 0 Å². The van der Waals surface area contributed by atoms with Gasteiger partial charge in [0.15, 0.2) is 11.5 Å².